The second-order valence-electron chi connectivity index (χ2n) is 6.13. The number of rotatable bonds is 3. The summed E-state index contributed by atoms with van der Waals surface area (Å²) in [7, 11) is 0. The molecule has 1 aliphatic rings. The van der Waals surface area contributed by atoms with Crippen molar-refractivity contribution in [2.45, 2.75) is 52.1 Å². The standard InChI is InChI=1S/C17H22N2O/c1-11-7-13-9-14(10-18-15-5-3-4-6-15)17(20)19-16(13)8-12(11)2/h7-9,15,18H,3-6,10H2,1-2H3,(H,19,20)/p+1. The van der Waals surface area contributed by atoms with Crippen LogP contribution < -0.4 is 10.9 Å². The Labute approximate surface area is 119 Å². The Kier molecular flexibility index (Phi) is 3.62. The number of nitrogens with two attached hydrogens (primary N) is 1. The number of aromatic nitrogens is 1. The summed E-state index contributed by atoms with van der Waals surface area (Å²) >= 11 is 0. The number of hydrogen-bond donors (Lipinski definition) is 2. The minimum Gasteiger partial charge on any atom is -0.340 e. The van der Waals surface area contributed by atoms with Crippen molar-refractivity contribution in [2.24, 2.45) is 0 Å². The molecule has 1 saturated carbocycles. The zero-order chi connectivity index (χ0) is 14.1. The molecule has 0 unspecified atom stereocenters. The molecule has 1 fully saturated rings. The van der Waals surface area contributed by atoms with Crippen LogP contribution in [-0.4, -0.2) is 11.0 Å². The lowest BCUT2D eigenvalue weighted by Crippen LogP contribution is -2.88. The van der Waals surface area contributed by atoms with Crippen molar-refractivity contribution in [2.75, 3.05) is 0 Å². The zero-order valence-electron chi connectivity index (χ0n) is 12.3. The third-order valence-electron chi connectivity index (χ3n) is 4.61. The van der Waals surface area contributed by atoms with E-state index >= 15 is 0 Å². The summed E-state index contributed by atoms with van der Waals surface area (Å²) in [4.78, 5) is 15.2. The molecule has 1 heterocycles. The molecule has 3 N–H and O–H groups in total. The van der Waals surface area contributed by atoms with Crippen LogP contribution in [0.2, 0.25) is 0 Å². The molecule has 0 atom stereocenters. The molecule has 0 amide bonds. The zero-order valence-corrected chi connectivity index (χ0v) is 12.3. The first-order valence-corrected chi connectivity index (χ1v) is 7.60. The summed E-state index contributed by atoms with van der Waals surface area (Å²) in [6.07, 6.45) is 5.27. The minimum absolute atomic E-state index is 0.0648. The maximum Gasteiger partial charge on any atom is 0.257 e. The van der Waals surface area contributed by atoms with Crippen LogP contribution in [0.5, 0.6) is 0 Å². The number of nitrogens with one attached hydrogen (secondary N) is 1. The molecule has 1 aromatic heterocycles. The summed E-state index contributed by atoms with van der Waals surface area (Å²) in [5.74, 6) is 0. The van der Waals surface area contributed by atoms with E-state index < -0.39 is 0 Å². The summed E-state index contributed by atoms with van der Waals surface area (Å²) in [5, 5.41) is 3.48. The van der Waals surface area contributed by atoms with Gasteiger partial charge in [0.2, 0.25) is 0 Å². The highest BCUT2D eigenvalue weighted by Crippen LogP contribution is 2.17. The Bertz CT molecular complexity index is 681. The Balaban J connectivity index is 1.88. The molecule has 3 heteroatoms. The predicted octanol–water partition coefficient (Wildman–Crippen LogP) is 2.15. The van der Waals surface area contributed by atoms with Gasteiger partial charge in [0.05, 0.1) is 11.6 Å². The first-order valence-electron chi connectivity index (χ1n) is 7.60. The van der Waals surface area contributed by atoms with E-state index in [-0.39, 0.29) is 5.56 Å². The molecule has 0 saturated heterocycles. The molecule has 1 aromatic carbocycles. The van der Waals surface area contributed by atoms with Crippen molar-refractivity contribution in [1.82, 2.24) is 4.98 Å². The fraction of sp³-hybridized carbons (Fsp3) is 0.471. The van der Waals surface area contributed by atoms with Crippen LogP contribution in [-0.2, 0) is 6.54 Å². The highest BCUT2D eigenvalue weighted by Gasteiger charge is 2.18. The van der Waals surface area contributed by atoms with Crippen LogP contribution in [0.15, 0.2) is 23.0 Å². The number of hydrogen-bond acceptors (Lipinski definition) is 1. The fourth-order valence-electron chi connectivity index (χ4n) is 3.16. The Morgan fingerprint density at radius 3 is 2.60 bits per heavy atom. The molecule has 0 aliphatic heterocycles. The van der Waals surface area contributed by atoms with Gasteiger partial charge in [-0.3, -0.25) is 4.79 Å². The second kappa shape index (κ2) is 5.41. The predicted molar refractivity (Wildman–Crippen MR) is 81.9 cm³/mol. The van der Waals surface area contributed by atoms with Crippen molar-refractivity contribution in [1.29, 1.82) is 0 Å². The molecule has 0 bridgehead atoms. The van der Waals surface area contributed by atoms with E-state index in [4.69, 9.17) is 0 Å². The number of benzene rings is 1. The summed E-state index contributed by atoms with van der Waals surface area (Å²) in [6.45, 7) is 4.99. The maximum atomic E-state index is 12.2. The third kappa shape index (κ3) is 2.63. The van der Waals surface area contributed by atoms with Crippen LogP contribution in [0, 0.1) is 13.8 Å². The Morgan fingerprint density at radius 2 is 1.85 bits per heavy atom. The van der Waals surface area contributed by atoms with Crippen LogP contribution in [0.25, 0.3) is 10.9 Å². The van der Waals surface area contributed by atoms with Gasteiger partial charge in [-0.2, -0.15) is 0 Å². The topological polar surface area (TPSA) is 49.5 Å². The van der Waals surface area contributed by atoms with Crippen molar-refractivity contribution in [3.63, 3.8) is 0 Å². The van der Waals surface area contributed by atoms with Gasteiger partial charge in [-0.15, -0.1) is 0 Å². The van der Waals surface area contributed by atoms with E-state index in [1.54, 1.807) is 0 Å². The van der Waals surface area contributed by atoms with E-state index in [0.717, 1.165) is 23.0 Å². The molecule has 2 aromatic rings. The SMILES string of the molecule is Cc1cc2cc(C[NH2+]C3CCCC3)c(=O)[nH]c2cc1C. The van der Waals surface area contributed by atoms with Gasteiger partial charge in [-0.25, -0.2) is 0 Å². The quantitative estimate of drug-likeness (QED) is 0.883. The van der Waals surface area contributed by atoms with Crippen LogP contribution in [0.3, 0.4) is 0 Å². The molecular weight excluding hydrogens is 248 g/mol. The number of aryl methyl sites for hydroxylation is 2. The summed E-state index contributed by atoms with van der Waals surface area (Å²) in [6, 6.07) is 7.01. The number of H-pyrrole nitrogens is 1. The van der Waals surface area contributed by atoms with Gasteiger partial charge in [0, 0.05) is 5.52 Å². The normalized spacial score (nSPS) is 16.1. The van der Waals surface area contributed by atoms with E-state index in [1.807, 2.05) is 0 Å². The third-order valence-corrected chi connectivity index (χ3v) is 4.61. The Morgan fingerprint density at radius 1 is 1.15 bits per heavy atom. The smallest absolute Gasteiger partial charge is 0.257 e. The lowest BCUT2D eigenvalue weighted by Gasteiger charge is -2.09. The number of aromatic amines is 1. The van der Waals surface area contributed by atoms with Crippen LogP contribution in [0.4, 0.5) is 0 Å². The molecule has 0 radical (unpaired) electrons. The molecule has 3 nitrogen and oxygen atoms in total. The lowest BCUT2D eigenvalue weighted by atomic mass is 10.0. The fourth-order valence-corrected chi connectivity index (χ4v) is 3.16. The monoisotopic (exact) mass is 271 g/mol. The highest BCUT2D eigenvalue weighted by atomic mass is 16.1. The van der Waals surface area contributed by atoms with Crippen LogP contribution >= 0.6 is 0 Å². The number of pyridine rings is 1. The molecule has 106 valence electrons. The average molecular weight is 271 g/mol. The molecule has 20 heavy (non-hydrogen) atoms. The van der Waals surface area contributed by atoms with Gasteiger partial charge in [0.1, 0.15) is 6.54 Å². The first kappa shape index (κ1) is 13.4. The van der Waals surface area contributed by atoms with Gasteiger partial charge >= 0.3 is 0 Å². The number of fused-ring (bicyclic) bond motifs is 1. The number of quaternary nitrogens is 1. The molecule has 1 aliphatic carbocycles. The van der Waals surface area contributed by atoms with E-state index in [2.05, 4.69) is 42.3 Å². The van der Waals surface area contributed by atoms with Gasteiger partial charge in [0.25, 0.3) is 5.56 Å². The largest absolute Gasteiger partial charge is 0.340 e. The van der Waals surface area contributed by atoms with Crippen molar-refractivity contribution in [3.8, 4) is 0 Å². The van der Waals surface area contributed by atoms with Crippen molar-refractivity contribution in [3.05, 3.63) is 45.2 Å². The van der Waals surface area contributed by atoms with Crippen molar-refractivity contribution < 1.29 is 5.32 Å². The van der Waals surface area contributed by atoms with Gasteiger partial charge in [-0.1, -0.05) is 0 Å². The van der Waals surface area contributed by atoms with Gasteiger partial charge in [0.15, 0.2) is 0 Å². The molecule has 3 rings (SSSR count). The average Bonchev–Trinajstić information content (AvgIpc) is 2.92. The van der Waals surface area contributed by atoms with E-state index in [0.29, 0.717) is 6.04 Å². The lowest BCUT2D eigenvalue weighted by molar-refractivity contribution is -0.703. The maximum absolute atomic E-state index is 12.2. The van der Waals surface area contributed by atoms with E-state index in [9.17, 15) is 4.79 Å². The molecular formula is C17H23N2O+. The minimum atomic E-state index is 0.0648. The highest BCUT2D eigenvalue weighted by molar-refractivity contribution is 5.80. The molecule has 0 spiro atoms. The summed E-state index contributed by atoms with van der Waals surface area (Å²) in [5.41, 5.74) is 4.40. The van der Waals surface area contributed by atoms with Crippen molar-refractivity contribution >= 4 is 10.9 Å². The van der Waals surface area contributed by atoms with E-state index in [1.165, 1.54) is 36.8 Å². The summed E-state index contributed by atoms with van der Waals surface area (Å²) < 4.78 is 0. The Hall–Kier alpha value is -1.61. The van der Waals surface area contributed by atoms with Gasteiger partial charge in [-0.05, 0) is 74.2 Å². The van der Waals surface area contributed by atoms with Crippen LogP contribution in [0.1, 0.15) is 42.4 Å². The first-order chi connectivity index (χ1) is 9.63. The second-order valence-corrected chi connectivity index (χ2v) is 6.13. The van der Waals surface area contributed by atoms with Gasteiger partial charge < -0.3 is 10.3 Å².